The maximum atomic E-state index is 12.1. The molecular weight excluding hydrogens is 428 g/mol. The summed E-state index contributed by atoms with van der Waals surface area (Å²) in [4.78, 5) is 0. The molecule has 1 N–H and O–H groups in total. The van der Waals surface area contributed by atoms with Gasteiger partial charge in [-0.05, 0) is 67.0 Å². The fourth-order valence-corrected chi connectivity index (χ4v) is 4.42. The van der Waals surface area contributed by atoms with Crippen molar-refractivity contribution < 1.29 is 27.2 Å². The van der Waals surface area contributed by atoms with Crippen LogP contribution in [-0.4, -0.2) is 33.0 Å². The van der Waals surface area contributed by atoms with Gasteiger partial charge in [0.1, 0.15) is 5.75 Å². The van der Waals surface area contributed by atoms with Crippen molar-refractivity contribution in [2.75, 3.05) is 19.5 Å². The van der Waals surface area contributed by atoms with E-state index in [0.29, 0.717) is 18.8 Å². The molecule has 0 saturated carbocycles. The smallest absolute Gasteiger partial charge is 0.309 e. The summed E-state index contributed by atoms with van der Waals surface area (Å²) in [5.74, 6) is 1.47. The summed E-state index contributed by atoms with van der Waals surface area (Å²) in [6.07, 6.45) is 5.93. The van der Waals surface area contributed by atoms with E-state index in [9.17, 15) is 13.5 Å². The maximum absolute atomic E-state index is 12.1. The molecule has 32 heavy (non-hydrogen) atoms. The molecular formula is C25H36O6S. The Morgan fingerprint density at radius 2 is 1.56 bits per heavy atom. The number of aliphatic hydroxyl groups is 1. The van der Waals surface area contributed by atoms with Crippen LogP contribution in [0.15, 0.2) is 36.4 Å². The predicted octanol–water partition coefficient (Wildman–Crippen LogP) is 5.05. The first kappa shape index (κ1) is 26.0. The van der Waals surface area contributed by atoms with Crippen LogP contribution in [0.4, 0.5) is 0 Å². The fourth-order valence-electron chi connectivity index (χ4n) is 3.28. The van der Waals surface area contributed by atoms with Gasteiger partial charge in [0.25, 0.3) is 0 Å². The van der Waals surface area contributed by atoms with Crippen molar-refractivity contribution in [1.29, 1.82) is 0 Å². The standard InChI is InChI=1S/C25H36O6S/c1-4-6-15-30-24-18-21(19-26)11-13-22(24)10-8-9-20-12-14-23(25(17-20)29-3)31-32(27,28)16-7-5-2/h11-14,17-18,26H,4-10,15-16,19H2,1-3H3. The summed E-state index contributed by atoms with van der Waals surface area (Å²) in [5.41, 5.74) is 3.00. The fraction of sp³-hybridized carbons (Fsp3) is 0.520. The van der Waals surface area contributed by atoms with E-state index in [0.717, 1.165) is 61.0 Å². The molecule has 0 fully saturated rings. The van der Waals surface area contributed by atoms with Crippen LogP contribution >= 0.6 is 0 Å². The van der Waals surface area contributed by atoms with Gasteiger partial charge in [-0.15, -0.1) is 0 Å². The van der Waals surface area contributed by atoms with E-state index in [2.05, 4.69) is 6.92 Å². The average molecular weight is 465 g/mol. The topological polar surface area (TPSA) is 82.1 Å². The van der Waals surface area contributed by atoms with E-state index < -0.39 is 10.1 Å². The maximum Gasteiger partial charge on any atom is 0.309 e. The van der Waals surface area contributed by atoms with Gasteiger partial charge in [0.15, 0.2) is 11.5 Å². The van der Waals surface area contributed by atoms with Crippen LogP contribution in [0.2, 0.25) is 0 Å². The Morgan fingerprint density at radius 1 is 0.844 bits per heavy atom. The summed E-state index contributed by atoms with van der Waals surface area (Å²) in [6.45, 7) is 4.72. The van der Waals surface area contributed by atoms with Crippen molar-refractivity contribution in [3.63, 3.8) is 0 Å². The third-order valence-corrected chi connectivity index (χ3v) is 6.40. The number of benzene rings is 2. The van der Waals surface area contributed by atoms with Crippen LogP contribution in [0.5, 0.6) is 17.2 Å². The largest absolute Gasteiger partial charge is 0.493 e. The molecule has 2 rings (SSSR count). The van der Waals surface area contributed by atoms with Gasteiger partial charge in [0.2, 0.25) is 0 Å². The molecule has 0 radical (unpaired) electrons. The molecule has 178 valence electrons. The third kappa shape index (κ3) is 8.36. The second-order valence-corrected chi connectivity index (χ2v) is 9.53. The zero-order chi connectivity index (χ0) is 23.4. The minimum atomic E-state index is -3.63. The Bertz CT molecular complexity index is 939. The number of unbranched alkanes of at least 4 members (excludes halogenated alkanes) is 2. The average Bonchev–Trinajstić information content (AvgIpc) is 2.79. The molecule has 0 aromatic heterocycles. The van der Waals surface area contributed by atoms with Crippen LogP contribution < -0.4 is 13.7 Å². The number of hydrogen-bond donors (Lipinski definition) is 1. The minimum Gasteiger partial charge on any atom is -0.493 e. The van der Waals surface area contributed by atoms with Gasteiger partial charge < -0.3 is 18.8 Å². The highest BCUT2D eigenvalue weighted by Gasteiger charge is 2.16. The van der Waals surface area contributed by atoms with E-state index in [1.807, 2.05) is 37.3 Å². The Morgan fingerprint density at radius 3 is 2.25 bits per heavy atom. The highest BCUT2D eigenvalue weighted by molar-refractivity contribution is 7.87. The van der Waals surface area contributed by atoms with Crippen LogP contribution in [0.1, 0.15) is 62.6 Å². The van der Waals surface area contributed by atoms with E-state index in [4.69, 9.17) is 13.7 Å². The Hall–Kier alpha value is -2.25. The molecule has 2 aromatic carbocycles. The molecule has 0 aliphatic rings. The lowest BCUT2D eigenvalue weighted by atomic mass is 10.0. The molecule has 0 unspecified atom stereocenters. The van der Waals surface area contributed by atoms with Gasteiger partial charge >= 0.3 is 10.1 Å². The molecule has 7 heteroatoms. The van der Waals surface area contributed by atoms with Gasteiger partial charge in [0, 0.05) is 0 Å². The van der Waals surface area contributed by atoms with Gasteiger partial charge in [-0.3, -0.25) is 0 Å². The first-order chi connectivity index (χ1) is 15.4. The summed E-state index contributed by atoms with van der Waals surface area (Å²) in [7, 11) is -2.12. The molecule has 0 aliphatic carbocycles. The minimum absolute atomic E-state index is 0.00715. The van der Waals surface area contributed by atoms with Crippen molar-refractivity contribution in [3.05, 3.63) is 53.1 Å². The van der Waals surface area contributed by atoms with Crippen LogP contribution in [0.3, 0.4) is 0 Å². The number of aliphatic hydroxyl groups excluding tert-OH is 1. The number of methoxy groups -OCH3 is 1. The van der Waals surface area contributed by atoms with E-state index in [1.165, 1.54) is 7.11 Å². The predicted molar refractivity (Wildman–Crippen MR) is 127 cm³/mol. The second-order valence-electron chi connectivity index (χ2n) is 7.84. The number of hydrogen-bond acceptors (Lipinski definition) is 6. The zero-order valence-electron chi connectivity index (χ0n) is 19.4. The van der Waals surface area contributed by atoms with Gasteiger partial charge in [0.05, 0.1) is 26.1 Å². The molecule has 0 heterocycles. The first-order valence-corrected chi connectivity index (χ1v) is 12.9. The normalized spacial score (nSPS) is 11.4. The lowest BCUT2D eigenvalue weighted by molar-refractivity contribution is 0.278. The Balaban J connectivity index is 2.02. The molecule has 0 aliphatic heterocycles. The molecule has 0 saturated heterocycles. The third-order valence-electron chi connectivity index (χ3n) is 5.17. The van der Waals surface area contributed by atoms with Crippen LogP contribution in [-0.2, 0) is 29.6 Å². The van der Waals surface area contributed by atoms with Gasteiger partial charge in [-0.1, -0.05) is 44.9 Å². The Labute approximate surface area is 192 Å². The zero-order valence-corrected chi connectivity index (χ0v) is 20.2. The lowest BCUT2D eigenvalue weighted by Crippen LogP contribution is -2.14. The van der Waals surface area contributed by atoms with Crippen molar-refractivity contribution in [2.45, 2.75) is 65.4 Å². The molecule has 2 aromatic rings. The van der Waals surface area contributed by atoms with E-state index >= 15 is 0 Å². The molecule has 0 atom stereocenters. The lowest BCUT2D eigenvalue weighted by Gasteiger charge is -2.14. The summed E-state index contributed by atoms with van der Waals surface area (Å²) < 4.78 is 40.8. The van der Waals surface area contributed by atoms with Crippen LogP contribution in [0.25, 0.3) is 0 Å². The second kappa shape index (κ2) is 13.3. The van der Waals surface area contributed by atoms with Gasteiger partial charge in [-0.2, -0.15) is 8.42 Å². The van der Waals surface area contributed by atoms with Crippen molar-refractivity contribution in [1.82, 2.24) is 0 Å². The molecule has 0 amide bonds. The number of ether oxygens (including phenoxy) is 2. The first-order valence-electron chi connectivity index (χ1n) is 11.4. The SMILES string of the molecule is CCCCOc1cc(CO)ccc1CCCc1ccc(OS(=O)(=O)CCCC)c(OC)c1. The highest BCUT2D eigenvalue weighted by Crippen LogP contribution is 2.30. The Kier molecular flexibility index (Phi) is 10.8. The van der Waals surface area contributed by atoms with E-state index in [1.54, 1.807) is 6.07 Å². The summed E-state index contributed by atoms with van der Waals surface area (Å²) in [5, 5.41) is 9.42. The summed E-state index contributed by atoms with van der Waals surface area (Å²) >= 11 is 0. The number of rotatable bonds is 15. The van der Waals surface area contributed by atoms with Crippen molar-refractivity contribution in [3.8, 4) is 17.2 Å². The quantitative estimate of drug-likeness (QED) is 0.293. The van der Waals surface area contributed by atoms with Gasteiger partial charge in [-0.25, -0.2) is 0 Å². The summed E-state index contributed by atoms with van der Waals surface area (Å²) in [6, 6.07) is 11.2. The van der Waals surface area contributed by atoms with Crippen molar-refractivity contribution >= 4 is 10.1 Å². The molecule has 0 bridgehead atoms. The highest BCUT2D eigenvalue weighted by atomic mass is 32.2. The van der Waals surface area contributed by atoms with Crippen molar-refractivity contribution in [2.24, 2.45) is 0 Å². The molecule has 0 spiro atoms. The molecule has 6 nitrogen and oxygen atoms in total. The van der Waals surface area contributed by atoms with E-state index in [-0.39, 0.29) is 18.1 Å². The van der Waals surface area contributed by atoms with Crippen LogP contribution in [0, 0.1) is 0 Å². The monoisotopic (exact) mass is 464 g/mol. The number of aryl methyl sites for hydroxylation is 2.